The van der Waals surface area contributed by atoms with Gasteiger partial charge < -0.3 is 18.9 Å². The molecule has 0 aromatic heterocycles. The first-order valence-corrected chi connectivity index (χ1v) is 17.2. The van der Waals surface area contributed by atoms with Crippen molar-refractivity contribution >= 4 is 23.5 Å². The van der Waals surface area contributed by atoms with Crippen LogP contribution < -0.4 is 0 Å². The maximum absolute atomic E-state index is 6.06. The molecule has 0 amide bonds. The zero-order chi connectivity index (χ0) is 24.9. The van der Waals surface area contributed by atoms with Gasteiger partial charge in [0.05, 0.1) is 31.8 Å². The summed E-state index contributed by atoms with van der Waals surface area (Å²) in [6, 6.07) is 0. The molecule has 0 atom stereocenters. The highest BCUT2D eigenvalue weighted by atomic mass is 32.2. The average molecular weight is 533 g/mol. The molecule has 0 saturated carbocycles. The van der Waals surface area contributed by atoms with Gasteiger partial charge in [-0.3, -0.25) is 0 Å². The second-order valence-corrected chi connectivity index (χ2v) is 13.1. The highest BCUT2D eigenvalue weighted by Gasteiger charge is 2.41. The Balaban J connectivity index is 1.38. The smallest absolute Gasteiger partial charge is 0.158 e. The molecule has 2 aliphatic rings. The summed E-state index contributed by atoms with van der Waals surface area (Å²) < 4.78 is 24.2. The average Bonchev–Trinajstić information content (AvgIpc) is 2.88. The Labute approximate surface area is 226 Å². The molecule has 0 N–H and O–H groups in total. The van der Waals surface area contributed by atoms with Crippen LogP contribution in [0.1, 0.15) is 117 Å². The Morgan fingerprint density at radius 1 is 0.486 bits per heavy atom. The molecule has 2 saturated heterocycles. The monoisotopic (exact) mass is 532 g/mol. The van der Waals surface area contributed by atoms with Gasteiger partial charge in [-0.05, 0) is 35.9 Å². The van der Waals surface area contributed by atoms with Crippen LogP contribution in [-0.2, 0) is 18.9 Å². The summed E-state index contributed by atoms with van der Waals surface area (Å²) >= 11 is 4.10. The van der Waals surface area contributed by atoms with Gasteiger partial charge in [0.1, 0.15) is 0 Å². The van der Waals surface area contributed by atoms with Crippen LogP contribution in [0.25, 0.3) is 0 Å². The third-order valence-electron chi connectivity index (χ3n) is 7.08. The zero-order valence-electron chi connectivity index (χ0n) is 23.1. The summed E-state index contributed by atoms with van der Waals surface area (Å²) in [6.45, 7) is 7.34. The van der Waals surface area contributed by atoms with Crippen molar-refractivity contribution in [2.45, 2.75) is 129 Å². The summed E-state index contributed by atoms with van der Waals surface area (Å²) in [7, 11) is 0. The number of thioether (sulfide) groups is 2. The molecule has 6 heteroatoms. The van der Waals surface area contributed by atoms with Crippen molar-refractivity contribution < 1.29 is 18.9 Å². The number of unbranched alkanes of at least 4 members (excludes halogenated alkanes) is 12. The summed E-state index contributed by atoms with van der Waals surface area (Å²) in [4.78, 5) is 0. The van der Waals surface area contributed by atoms with E-state index in [0.29, 0.717) is 26.4 Å². The molecule has 1 spiro atoms. The standard InChI is InChI=1S/C29H56O4S2/c1-3-5-7-9-11-13-15-19-34-21-17-27-30-23-29(24-31-27)25-32-28(33-26-29)18-22-35-20-16-14-12-10-8-6-4-2/h27-28H,3-26H2,1-2H3. The Kier molecular flexibility index (Phi) is 19.5. The highest BCUT2D eigenvalue weighted by molar-refractivity contribution is 7.99. The van der Waals surface area contributed by atoms with E-state index in [1.165, 1.54) is 101 Å². The summed E-state index contributed by atoms with van der Waals surface area (Å²) in [6.07, 6.45) is 21.2. The molecule has 35 heavy (non-hydrogen) atoms. The van der Waals surface area contributed by atoms with Gasteiger partial charge in [-0.15, -0.1) is 0 Å². The fourth-order valence-corrected chi connectivity index (χ4v) is 6.59. The van der Waals surface area contributed by atoms with Crippen molar-refractivity contribution in [2.24, 2.45) is 5.41 Å². The number of hydrogen-bond donors (Lipinski definition) is 0. The molecule has 0 radical (unpaired) electrons. The van der Waals surface area contributed by atoms with Gasteiger partial charge >= 0.3 is 0 Å². The molecule has 2 aliphatic heterocycles. The maximum atomic E-state index is 6.06. The van der Waals surface area contributed by atoms with E-state index in [4.69, 9.17) is 18.9 Å². The highest BCUT2D eigenvalue weighted by Crippen LogP contribution is 2.32. The van der Waals surface area contributed by atoms with Gasteiger partial charge in [0.25, 0.3) is 0 Å². The van der Waals surface area contributed by atoms with Crippen molar-refractivity contribution in [3.05, 3.63) is 0 Å². The van der Waals surface area contributed by atoms with Crippen molar-refractivity contribution in [2.75, 3.05) is 49.4 Å². The zero-order valence-corrected chi connectivity index (χ0v) is 24.7. The Hall–Kier alpha value is 0.540. The van der Waals surface area contributed by atoms with Crippen LogP contribution in [0.3, 0.4) is 0 Å². The third kappa shape index (κ3) is 15.5. The topological polar surface area (TPSA) is 36.9 Å². The molecule has 0 aliphatic carbocycles. The minimum atomic E-state index is -0.108. The van der Waals surface area contributed by atoms with Crippen LogP contribution in [0.5, 0.6) is 0 Å². The van der Waals surface area contributed by atoms with Gasteiger partial charge in [-0.25, -0.2) is 0 Å². The molecule has 0 aromatic rings. The SMILES string of the molecule is CCCCCCCCCSCCC1OCC2(CO1)COC(CCSCCCCCCCCC)OC2. The van der Waals surface area contributed by atoms with Crippen molar-refractivity contribution in [3.63, 3.8) is 0 Å². The van der Waals surface area contributed by atoms with Gasteiger partial charge in [-0.1, -0.05) is 90.9 Å². The Bertz CT molecular complexity index is 418. The molecule has 0 bridgehead atoms. The van der Waals surface area contributed by atoms with E-state index in [1.54, 1.807) is 0 Å². The third-order valence-corrected chi connectivity index (χ3v) is 9.29. The molecular weight excluding hydrogens is 476 g/mol. The molecule has 2 fully saturated rings. The van der Waals surface area contributed by atoms with Crippen molar-refractivity contribution in [1.82, 2.24) is 0 Å². The van der Waals surface area contributed by atoms with Crippen LogP contribution in [0.4, 0.5) is 0 Å². The first kappa shape index (κ1) is 31.8. The number of ether oxygens (including phenoxy) is 4. The fraction of sp³-hybridized carbons (Fsp3) is 1.00. The van der Waals surface area contributed by atoms with Gasteiger partial charge in [0, 0.05) is 12.8 Å². The molecule has 0 aromatic carbocycles. The lowest BCUT2D eigenvalue weighted by Gasteiger charge is -2.43. The Morgan fingerprint density at radius 2 is 0.829 bits per heavy atom. The summed E-state index contributed by atoms with van der Waals surface area (Å²) in [5, 5.41) is 0. The number of rotatable bonds is 22. The van der Waals surface area contributed by atoms with E-state index in [2.05, 4.69) is 13.8 Å². The van der Waals surface area contributed by atoms with Crippen LogP contribution in [0.15, 0.2) is 0 Å². The molecule has 2 heterocycles. The minimum absolute atomic E-state index is 0.0528. The molecule has 4 nitrogen and oxygen atoms in total. The Morgan fingerprint density at radius 3 is 1.20 bits per heavy atom. The molecular formula is C29H56O4S2. The quantitative estimate of drug-likeness (QED) is 0.130. The lowest BCUT2D eigenvalue weighted by molar-refractivity contribution is -0.302. The molecule has 0 unspecified atom stereocenters. The van der Waals surface area contributed by atoms with E-state index >= 15 is 0 Å². The first-order valence-electron chi connectivity index (χ1n) is 14.9. The van der Waals surface area contributed by atoms with Crippen LogP contribution >= 0.6 is 23.5 Å². The van der Waals surface area contributed by atoms with E-state index in [1.807, 2.05) is 23.5 Å². The maximum Gasteiger partial charge on any atom is 0.158 e. The van der Waals surface area contributed by atoms with E-state index in [9.17, 15) is 0 Å². The lowest BCUT2D eigenvalue weighted by Crippen LogP contribution is -2.52. The first-order chi connectivity index (χ1) is 17.3. The van der Waals surface area contributed by atoms with E-state index in [0.717, 1.165) is 24.3 Å². The molecule has 208 valence electrons. The second kappa shape index (κ2) is 21.5. The van der Waals surface area contributed by atoms with Gasteiger partial charge in [0.2, 0.25) is 0 Å². The number of hydrogen-bond acceptors (Lipinski definition) is 6. The van der Waals surface area contributed by atoms with Crippen molar-refractivity contribution in [1.29, 1.82) is 0 Å². The second-order valence-electron chi connectivity index (χ2n) is 10.6. The van der Waals surface area contributed by atoms with Crippen LogP contribution in [0.2, 0.25) is 0 Å². The van der Waals surface area contributed by atoms with Crippen molar-refractivity contribution in [3.8, 4) is 0 Å². The molecule has 2 rings (SSSR count). The van der Waals surface area contributed by atoms with Crippen LogP contribution in [0, 0.1) is 5.41 Å². The lowest BCUT2D eigenvalue weighted by atomic mass is 9.90. The van der Waals surface area contributed by atoms with Crippen LogP contribution in [-0.4, -0.2) is 62.0 Å². The fourth-order valence-electron chi connectivity index (χ4n) is 4.64. The predicted octanol–water partition coefficient (Wildman–Crippen LogP) is 8.47. The minimum Gasteiger partial charge on any atom is -0.352 e. The van der Waals surface area contributed by atoms with Gasteiger partial charge in [0.15, 0.2) is 12.6 Å². The largest absolute Gasteiger partial charge is 0.352 e. The summed E-state index contributed by atoms with van der Waals surface area (Å²) in [5.41, 5.74) is -0.108. The van der Waals surface area contributed by atoms with Gasteiger partial charge in [-0.2, -0.15) is 23.5 Å². The van der Waals surface area contributed by atoms with E-state index in [-0.39, 0.29) is 18.0 Å². The normalized spacial score (nSPS) is 24.9. The predicted molar refractivity (Wildman–Crippen MR) is 154 cm³/mol. The summed E-state index contributed by atoms with van der Waals surface area (Å²) in [5.74, 6) is 4.79. The van der Waals surface area contributed by atoms with E-state index < -0.39 is 0 Å².